The van der Waals surface area contributed by atoms with E-state index < -0.39 is 31.0 Å². The maximum Gasteiger partial charge on any atom is 0.268 e. The van der Waals surface area contributed by atoms with E-state index in [0.717, 1.165) is 10.9 Å². The molecule has 2 aromatic rings. The number of alkyl halides is 2. The van der Waals surface area contributed by atoms with Crippen LogP contribution in [0.3, 0.4) is 0 Å². The first-order valence-electron chi connectivity index (χ1n) is 5.70. The summed E-state index contributed by atoms with van der Waals surface area (Å²) in [5, 5.41) is 18.6. The van der Waals surface area contributed by atoms with Gasteiger partial charge in [-0.1, -0.05) is 0 Å². The van der Waals surface area contributed by atoms with E-state index in [1.54, 1.807) is 0 Å². The molecular formula is C10H11F2N5O3. The van der Waals surface area contributed by atoms with Crippen molar-refractivity contribution in [2.45, 2.75) is 24.4 Å². The predicted octanol–water partition coefficient (Wildman–Crippen LogP) is -0.706. The molecule has 4 atom stereocenters. The van der Waals surface area contributed by atoms with Crippen LogP contribution in [0, 0.1) is 0 Å². The summed E-state index contributed by atoms with van der Waals surface area (Å²) in [6.45, 7) is -1.22. The first-order chi connectivity index (χ1) is 9.48. The zero-order chi connectivity index (χ0) is 14.5. The van der Waals surface area contributed by atoms with Crippen molar-refractivity contribution in [2.75, 3.05) is 12.3 Å². The highest BCUT2D eigenvalue weighted by Gasteiger charge is 2.57. The third-order valence-corrected chi connectivity index (χ3v) is 3.20. The highest BCUT2D eigenvalue weighted by atomic mass is 19.2. The molecule has 1 saturated heterocycles. The Morgan fingerprint density at radius 2 is 2.20 bits per heavy atom. The normalized spacial score (nSPS) is 33.9. The number of imidazole rings is 1. The summed E-state index contributed by atoms with van der Waals surface area (Å²) >= 11 is 0. The van der Waals surface area contributed by atoms with E-state index in [2.05, 4.69) is 15.0 Å². The van der Waals surface area contributed by atoms with Crippen molar-refractivity contribution in [3.8, 4) is 0 Å². The monoisotopic (exact) mass is 287 g/mol. The number of anilines is 1. The number of aliphatic hydroxyl groups excluding tert-OH is 2. The summed E-state index contributed by atoms with van der Waals surface area (Å²) in [6.07, 6.45) is -3.30. The third-order valence-electron chi connectivity index (χ3n) is 3.20. The van der Waals surface area contributed by atoms with Gasteiger partial charge in [0.1, 0.15) is 24.6 Å². The second-order valence-corrected chi connectivity index (χ2v) is 4.43. The molecule has 8 nitrogen and oxygen atoms in total. The molecule has 3 heterocycles. The minimum Gasteiger partial charge on any atom is -0.390 e. The first-order valence-corrected chi connectivity index (χ1v) is 5.70. The molecule has 0 radical (unpaired) electrons. The van der Waals surface area contributed by atoms with Crippen molar-refractivity contribution >= 4 is 17.0 Å². The Balaban J connectivity index is 2.06. The summed E-state index contributed by atoms with van der Waals surface area (Å²) < 4.78 is 33.5. The number of nitrogens with zero attached hydrogens (tertiary/aromatic N) is 4. The number of hydrogen-bond donors (Lipinski definition) is 3. The Morgan fingerprint density at radius 3 is 2.85 bits per heavy atom. The minimum atomic E-state index is -2.97. The van der Waals surface area contributed by atoms with Gasteiger partial charge >= 0.3 is 0 Å². The van der Waals surface area contributed by atoms with Crippen LogP contribution in [0.5, 0.6) is 0 Å². The summed E-state index contributed by atoms with van der Waals surface area (Å²) in [4.78, 5) is 11.5. The van der Waals surface area contributed by atoms with Crippen LogP contribution in [-0.2, 0) is 4.74 Å². The van der Waals surface area contributed by atoms with Gasteiger partial charge in [0.15, 0.2) is 23.9 Å². The molecule has 0 bridgehead atoms. The summed E-state index contributed by atoms with van der Waals surface area (Å²) in [5.74, 6) is -2.88. The molecule has 0 aromatic carbocycles. The Bertz CT molecular complexity index is 653. The Kier molecular flexibility index (Phi) is 2.81. The van der Waals surface area contributed by atoms with Crippen LogP contribution in [0.15, 0.2) is 12.7 Å². The van der Waals surface area contributed by atoms with Crippen molar-refractivity contribution in [1.29, 1.82) is 0 Å². The van der Waals surface area contributed by atoms with Gasteiger partial charge in [0.2, 0.25) is 0 Å². The van der Waals surface area contributed by atoms with Gasteiger partial charge in [0, 0.05) is 0 Å². The zero-order valence-electron chi connectivity index (χ0n) is 10.0. The molecule has 4 N–H and O–H groups in total. The van der Waals surface area contributed by atoms with E-state index in [0.29, 0.717) is 0 Å². The largest absolute Gasteiger partial charge is 0.390 e. The highest BCUT2D eigenvalue weighted by Crippen LogP contribution is 2.40. The van der Waals surface area contributed by atoms with Gasteiger partial charge in [-0.25, -0.2) is 23.7 Å². The van der Waals surface area contributed by atoms with Crippen molar-refractivity contribution in [1.82, 2.24) is 19.5 Å². The van der Waals surface area contributed by atoms with Crippen molar-refractivity contribution < 1.29 is 23.7 Å². The maximum absolute atomic E-state index is 13.9. The minimum absolute atomic E-state index is 0.0895. The van der Waals surface area contributed by atoms with Crippen LogP contribution in [0.25, 0.3) is 11.2 Å². The van der Waals surface area contributed by atoms with Crippen LogP contribution < -0.4 is 5.73 Å². The molecule has 1 aliphatic heterocycles. The van der Waals surface area contributed by atoms with Gasteiger partial charge in [-0.15, -0.1) is 0 Å². The number of aliphatic hydroxyl groups is 2. The molecule has 1 aliphatic rings. The lowest BCUT2D eigenvalue weighted by atomic mass is 10.1. The molecule has 0 saturated carbocycles. The van der Waals surface area contributed by atoms with Crippen LogP contribution in [-0.4, -0.2) is 54.5 Å². The molecule has 20 heavy (non-hydrogen) atoms. The van der Waals surface area contributed by atoms with Gasteiger partial charge in [-0.05, 0) is 0 Å². The number of halogens is 2. The number of hydrogen-bond acceptors (Lipinski definition) is 7. The molecule has 2 aromatic heterocycles. The van der Waals surface area contributed by atoms with Gasteiger partial charge in [0.25, 0.3) is 5.85 Å². The van der Waals surface area contributed by atoms with E-state index in [-0.39, 0.29) is 17.0 Å². The van der Waals surface area contributed by atoms with Crippen LogP contribution in [0.2, 0.25) is 0 Å². The number of nitrogens with two attached hydrogens (primary N) is 1. The second kappa shape index (κ2) is 4.30. The standard InChI is InChI=1S/C10H11F2N5O3/c11-6-5(19)9(20-10(6,12)1-18)17-3-16-4-7(13)14-2-15-8(4)17/h2-3,5-6,9,18-19H,1H2,(H2,13,14,15)/t5-,6+,9-,10-/m1/s1. The topological polar surface area (TPSA) is 119 Å². The van der Waals surface area contributed by atoms with Crippen molar-refractivity contribution in [2.24, 2.45) is 0 Å². The number of fused-ring (bicyclic) bond motifs is 1. The van der Waals surface area contributed by atoms with E-state index in [9.17, 15) is 13.9 Å². The van der Waals surface area contributed by atoms with Crippen molar-refractivity contribution in [3.05, 3.63) is 12.7 Å². The quantitative estimate of drug-likeness (QED) is 0.667. The van der Waals surface area contributed by atoms with Gasteiger partial charge in [0.05, 0.1) is 6.33 Å². The molecule has 10 heteroatoms. The second-order valence-electron chi connectivity index (χ2n) is 4.43. The Morgan fingerprint density at radius 1 is 1.45 bits per heavy atom. The fourth-order valence-electron chi connectivity index (χ4n) is 2.14. The maximum atomic E-state index is 13.9. The number of aromatic nitrogens is 4. The molecule has 0 spiro atoms. The molecular weight excluding hydrogens is 276 g/mol. The fraction of sp³-hybridized carbons (Fsp3) is 0.500. The zero-order valence-corrected chi connectivity index (χ0v) is 10.0. The average Bonchev–Trinajstić information content (AvgIpc) is 2.96. The molecule has 0 unspecified atom stereocenters. The van der Waals surface area contributed by atoms with E-state index in [4.69, 9.17) is 15.6 Å². The third kappa shape index (κ3) is 1.65. The highest BCUT2D eigenvalue weighted by molar-refractivity contribution is 5.81. The lowest BCUT2D eigenvalue weighted by Gasteiger charge is -2.18. The van der Waals surface area contributed by atoms with Crippen molar-refractivity contribution in [3.63, 3.8) is 0 Å². The molecule has 108 valence electrons. The molecule has 1 fully saturated rings. The Labute approximate surface area is 110 Å². The number of rotatable bonds is 2. The van der Waals surface area contributed by atoms with E-state index in [1.165, 1.54) is 6.33 Å². The molecule has 0 aliphatic carbocycles. The SMILES string of the molecule is Nc1ncnc2c1ncn2[C@@H]1O[C@](F)(CO)[C@@H](F)[C@H]1O. The predicted molar refractivity (Wildman–Crippen MR) is 61.7 cm³/mol. The van der Waals surface area contributed by atoms with Crippen LogP contribution >= 0.6 is 0 Å². The summed E-state index contributed by atoms with van der Waals surface area (Å²) in [6, 6.07) is 0. The Hall–Kier alpha value is -1.91. The first kappa shape index (κ1) is 13.1. The van der Waals surface area contributed by atoms with Gasteiger partial charge < -0.3 is 20.7 Å². The number of ether oxygens (including phenoxy) is 1. The van der Waals surface area contributed by atoms with Crippen LogP contribution in [0.1, 0.15) is 6.23 Å². The molecule has 3 rings (SSSR count). The fourth-order valence-corrected chi connectivity index (χ4v) is 2.14. The lowest BCUT2D eigenvalue weighted by Crippen LogP contribution is -2.39. The van der Waals surface area contributed by atoms with Gasteiger partial charge in [-0.2, -0.15) is 0 Å². The smallest absolute Gasteiger partial charge is 0.268 e. The lowest BCUT2D eigenvalue weighted by molar-refractivity contribution is -0.195. The molecule has 0 amide bonds. The summed E-state index contributed by atoms with van der Waals surface area (Å²) in [7, 11) is 0. The average molecular weight is 287 g/mol. The number of nitrogen functional groups attached to an aromatic ring is 1. The summed E-state index contributed by atoms with van der Waals surface area (Å²) in [5.41, 5.74) is 5.98. The van der Waals surface area contributed by atoms with E-state index in [1.807, 2.05) is 0 Å². The van der Waals surface area contributed by atoms with E-state index >= 15 is 0 Å². The van der Waals surface area contributed by atoms with Gasteiger partial charge in [-0.3, -0.25) is 4.57 Å². The van der Waals surface area contributed by atoms with Crippen LogP contribution in [0.4, 0.5) is 14.6 Å².